The van der Waals surface area contributed by atoms with E-state index in [2.05, 4.69) is 17.0 Å². The molecule has 0 aromatic heterocycles. The molecule has 0 saturated carbocycles. The number of ether oxygens (including phenoxy) is 1. The van der Waals surface area contributed by atoms with Gasteiger partial charge in [-0.05, 0) is 28.8 Å². The molecular formula is C20H20F3NO. The third-order valence-electron chi connectivity index (χ3n) is 4.20. The van der Waals surface area contributed by atoms with Gasteiger partial charge in [0.2, 0.25) is 0 Å². The largest absolute Gasteiger partial charge is 0.416 e. The molecule has 25 heavy (non-hydrogen) atoms. The van der Waals surface area contributed by atoms with Crippen molar-refractivity contribution >= 4 is 12.2 Å². The Morgan fingerprint density at radius 2 is 1.36 bits per heavy atom. The third kappa shape index (κ3) is 5.18. The lowest BCUT2D eigenvalue weighted by Crippen LogP contribution is -2.35. The monoisotopic (exact) mass is 347 g/mol. The fourth-order valence-corrected chi connectivity index (χ4v) is 2.73. The second-order valence-electron chi connectivity index (χ2n) is 6.08. The Bertz CT molecular complexity index is 699. The van der Waals surface area contributed by atoms with Crippen LogP contribution >= 0.6 is 0 Å². The molecule has 5 heteroatoms. The average Bonchev–Trinajstić information content (AvgIpc) is 2.62. The van der Waals surface area contributed by atoms with Crippen LogP contribution in [0.3, 0.4) is 0 Å². The van der Waals surface area contributed by atoms with E-state index in [1.165, 1.54) is 17.7 Å². The summed E-state index contributed by atoms with van der Waals surface area (Å²) in [6.45, 7) is 4.39. The smallest absolute Gasteiger partial charge is 0.379 e. The van der Waals surface area contributed by atoms with Crippen LogP contribution in [0.5, 0.6) is 0 Å². The van der Waals surface area contributed by atoms with Crippen molar-refractivity contribution in [1.82, 2.24) is 4.90 Å². The number of morpholine rings is 1. The lowest BCUT2D eigenvalue weighted by Gasteiger charge is -2.26. The maximum absolute atomic E-state index is 12.5. The van der Waals surface area contributed by atoms with Gasteiger partial charge in [-0.15, -0.1) is 0 Å². The van der Waals surface area contributed by atoms with E-state index >= 15 is 0 Å². The number of hydrogen-bond acceptors (Lipinski definition) is 2. The van der Waals surface area contributed by atoms with Crippen LogP contribution in [0.15, 0.2) is 48.5 Å². The van der Waals surface area contributed by atoms with Crippen LogP contribution in [0.2, 0.25) is 0 Å². The van der Waals surface area contributed by atoms with Crippen molar-refractivity contribution in [3.63, 3.8) is 0 Å². The molecule has 2 aromatic rings. The SMILES string of the molecule is FC(F)(F)c1ccc(/C=C/c2ccc(CN3CCOCC3)cc2)cc1. The van der Waals surface area contributed by atoms with Gasteiger partial charge in [0.25, 0.3) is 0 Å². The molecule has 0 radical (unpaired) electrons. The van der Waals surface area contributed by atoms with Crippen LogP contribution < -0.4 is 0 Å². The van der Waals surface area contributed by atoms with Crippen LogP contribution in [0.4, 0.5) is 13.2 Å². The van der Waals surface area contributed by atoms with Crippen molar-refractivity contribution < 1.29 is 17.9 Å². The molecule has 2 nitrogen and oxygen atoms in total. The molecule has 1 fully saturated rings. The highest BCUT2D eigenvalue weighted by Gasteiger charge is 2.29. The molecule has 2 aromatic carbocycles. The summed E-state index contributed by atoms with van der Waals surface area (Å²) in [5.74, 6) is 0. The topological polar surface area (TPSA) is 12.5 Å². The van der Waals surface area contributed by atoms with Crippen LogP contribution in [0.25, 0.3) is 12.2 Å². The normalized spacial score (nSPS) is 16.4. The number of benzene rings is 2. The van der Waals surface area contributed by atoms with Gasteiger partial charge in [-0.25, -0.2) is 0 Å². The molecular weight excluding hydrogens is 327 g/mol. The van der Waals surface area contributed by atoms with E-state index in [0.29, 0.717) is 0 Å². The molecule has 1 saturated heterocycles. The maximum atomic E-state index is 12.5. The molecule has 0 bridgehead atoms. The fourth-order valence-electron chi connectivity index (χ4n) is 2.73. The minimum atomic E-state index is -4.29. The van der Waals surface area contributed by atoms with Crippen molar-refractivity contribution in [2.24, 2.45) is 0 Å². The van der Waals surface area contributed by atoms with Gasteiger partial charge in [0.15, 0.2) is 0 Å². The van der Waals surface area contributed by atoms with Gasteiger partial charge in [0, 0.05) is 19.6 Å². The van der Waals surface area contributed by atoms with Gasteiger partial charge in [-0.3, -0.25) is 4.90 Å². The van der Waals surface area contributed by atoms with Gasteiger partial charge in [-0.2, -0.15) is 13.2 Å². The zero-order valence-corrected chi connectivity index (χ0v) is 13.8. The molecule has 0 amide bonds. The Hall–Kier alpha value is -2.11. The second kappa shape index (κ2) is 7.85. The molecule has 0 spiro atoms. The Morgan fingerprint density at radius 1 is 0.840 bits per heavy atom. The summed E-state index contributed by atoms with van der Waals surface area (Å²) < 4.78 is 43.0. The van der Waals surface area contributed by atoms with Gasteiger partial charge < -0.3 is 4.74 Å². The lowest BCUT2D eigenvalue weighted by atomic mass is 10.1. The van der Waals surface area contributed by atoms with Gasteiger partial charge in [-0.1, -0.05) is 48.6 Å². The van der Waals surface area contributed by atoms with Crippen LogP contribution in [0, 0.1) is 0 Å². The van der Waals surface area contributed by atoms with E-state index in [9.17, 15) is 13.2 Å². The van der Waals surface area contributed by atoms with E-state index in [-0.39, 0.29) is 0 Å². The molecule has 132 valence electrons. The minimum Gasteiger partial charge on any atom is -0.379 e. The first-order chi connectivity index (χ1) is 12.0. The van der Waals surface area contributed by atoms with Crippen molar-refractivity contribution in [2.75, 3.05) is 26.3 Å². The van der Waals surface area contributed by atoms with Crippen molar-refractivity contribution in [3.8, 4) is 0 Å². The summed E-state index contributed by atoms with van der Waals surface area (Å²) in [4.78, 5) is 2.36. The summed E-state index contributed by atoms with van der Waals surface area (Å²) in [6, 6.07) is 13.4. The van der Waals surface area contributed by atoms with E-state index in [0.717, 1.165) is 56.1 Å². The minimum absolute atomic E-state index is 0.628. The van der Waals surface area contributed by atoms with Crippen molar-refractivity contribution in [2.45, 2.75) is 12.7 Å². The highest BCUT2D eigenvalue weighted by atomic mass is 19.4. The Morgan fingerprint density at radius 3 is 1.88 bits per heavy atom. The first-order valence-electron chi connectivity index (χ1n) is 8.25. The maximum Gasteiger partial charge on any atom is 0.416 e. The van der Waals surface area contributed by atoms with E-state index in [1.807, 2.05) is 24.3 Å². The first kappa shape index (κ1) is 17.7. The Balaban J connectivity index is 1.59. The molecule has 0 N–H and O–H groups in total. The summed E-state index contributed by atoms with van der Waals surface area (Å²) in [6.07, 6.45) is -0.573. The number of halogens is 3. The Labute approximate surface area is 145 Å². The third-order valence-corrected chi connectivity index (χ3v) is 4.20. The standard InChI is InChI=1S/C20H20F3NO/c21-20(22,23)19-9-7-17(8-10-19)2-1-16-3-5-18(6-4-16)15-24-11-13-25-14-12-24/h1-10H,11-15H2/b2-1+. The van der Waals surface area contributed by atoms with E-state index < -0.39 is 11.7 Å². The van der Waals surface area contributed by atoms with Gasteiger partial charge >= 0.3 is 6.18 Å². The van der Waals surface area contributed by atoms with E-state index in [4.69, 9.17) is 4.74 Å². The summed E-state index contributed by atoms with van der Waals surface area (Å²) >= 11 is 0. The number of rotatable bonds is 4. The summed E-state index contributed by atoms with van der Waals surface area (Å²) in [5.41, 5.74) is 2.38. The predicted octanol–water partition coefficient (Wildman–Crippen LogP) is 4.71. The zero-order chi connectivity index (χ0) is 17.7. The van der Waals surface area contributed by atoms with Crippen LogP contribution in [-0.4, -0.2) is 31.2 Å². The molecule has 1 aliphatic heterocycles. The van der Waals surface area contributed by atoms with Crippen LogP contribution in [0.1, 0.15) is 22.3 Å². The number of nitrogens with zero attached hydrogens (tertiary/aromatic N) is 1. The summed E-state index contributed by atoms with van der Waals surface area (Å²) in [5, 5.41) is 0. The first-order valence-corrected chi connectivity index (χ1v) is 8.25. The molecule has 0 aliphatic carbocycles. The Kier molecular flexibility index (Phi) is 5.56. The van der Waals surface area contributed by atoms with Crippen molar-refractivity contribution in [3.05, 3.63) is 70.8 Å². The molecule has 0 unspecified atom stereocenters. The quantitative estimate of drug-likeness (QED) is 0.743. The van der Waals surface area contributed by atoms with Gasteiger partial charge in [0.05, 0.1) is 18.8 Å². The lowest BCUT2D eigenvalue weighted by molar-refractivity contribution is -0.137. The molecule has 0 atom stereocenters. The average molecular weight is 347 g/mol. The highest BCUT2D eigenvalue weighted by Crippen LogP contribution is 2.29. The van der Waals surface area contributed by atoms with Crippen molar-refractivity contribution in [1.29, 1.82) is 0 Å². The predicted molar refractivity (Wildman–Crippen MR) is 92.9 cm³/mol. The number of alkyl halides is 3. The molecule has 1 aliphatic rings. The van der Waals surface area contributed by atoms with Crippen LogP contribution in [-0.2, 0) is 17.5 Å². The van der Waals surface area contributed by atoms with E-state index in [1.54, 1.807) is 0 Å². The molecule has 1 heterocycles. The fraction of sp³-hybridized carbons (Fsp3) is 0.300. The highest BCUT2D eigenvalue weighted by molar-refractivity contribution is 5.69. The number of hydrogen-bond donors (Lipinski definition) is 0. The molecule has 3 rings (SSSR count). The van der Waals surface area contributed by atoms with Gasteiger partial charge in [0.1, 0.15) is 0 Å². The summed E-state index contributed by atoms with van der Waals surface area (Å²) in [7, 11) is 0. The second-order valence-corrected chi connectivity index (χ2v) is 6.08. The zero-order valence-electron chi connectivity index (χ0n) is 13.8.